The third-order valence-corrected chi connectivity index (χ3v) is 1.75. The maximum Gasteiger partial charge on any atom is 0.338 e. The molecule has 0 atom stereocenters. The number of carbonyl (C=O) groups is 1. The molecule has 0 aliphatic carbocycles. The van der Waals surface area contributed by atoms with Crippen LogP contribution in [0.3, 0.4) is 0 Å². The van der Waals surface area contributed by atoms with E-state index in [1.165, 1.54) is 6.08 Å². The van der Waals surface area contributed by atoms with Crippen LogP contribution in [0.1, 0.15) is 17.3 Å². The number of allylic oxidation sites excluding steroid dienone is 1. The van der Waals surface area contributed by atoms with Crippen LogP contribution in [0.4, 0.5) is 0 Å². The second-order valence-electron chi connectivity index (χ2n) is 3.06. The second-order valence-corrected chi connectivity index (χ2v) is 3.06. The van der Waals surface area contributed by atoms with Crippen molar-refractivity contribution in [1.29, 1.82) is 5.26 Å². The van der Waals surface area contributed by atoms with Gasteiger partial charge in [0.15, 0.2) is 0 Å². The molecule has 15 heavy (non-hydrogen) atoms. The van der Waals surface area contributed by atoms with Crippen molar-refractivity contribution in [3.8, 4) is 6.07 Å². The summed E-state index contributed by atoms with van der Waals surface area (Å²) in [5.74, 6) is -0.374. The first-order valence-corrected chi connectivity index (χ1v) is 4.51. The van der Waals surface area contributed by atoms with Crippen LogP contribution in [0, 0.1) is 11.3 Å². The van der Waals surface area contributed by atoms with E-state index >= 15 is 0 Å². The molecular weight excluding hydrogens is 190 g/mol. The fourth-order valence-electron chi connectivity index (χ4n) is 0.989. The summed E-state index contributed by atoms with van der Waals surface area (Å²) in [6.45, 7) is 1.89. The average Bonchev–Trinajstić information content (AvgIpc) is 2.27. The molecule has 0 radical (unpaired) electrons. The molecule has 0 spiro atoms. The summed E-state index contributed by atoms with van der Waals surface area (Å²) in [5.41, 5.74) is 1.24. The molecule has 0 N–H and O–H groups in total. The van der Waals surface area contributed by atoms with E-state index in [1.54, 1.807) is 31.2 Å². The van der Waals surface area contributed by atoms with Crippen molar-refractivity contribution < 1.29 is 9.53 Å². The molecule has 76 valence electrons. The molecule has 0 aromatic heterocycles. The monoisotopic (exact) mass is 201 g/mol. The van der Waals surface area contributed by atoms with E-state index < -0.39 is 0 Å². The van der Waals surface area contributed by atoms with Gasteiger partial charge in [-0.15, -0.1) is 0 Å². The first-order chi connectivity index (χ1) is 7.24. The number of hydrogen-bond donors (Lipinski definition) is 0. The van der Waals surface area contributed by atoms with Crippen LogP contribution in [-0.2, 0) is 4.74 Å². The van der Waals surface area contributed by atoms with E-state index in [2.05, 4.69) is 0 Å². The lowest BCUT2D eigenvalue weighted by atomic mass is 10.2. The summed E-state index contributed by atoms with van der Waals surface area (Å²) >= 11 is 0. The summed E-state index contributed by atoms with van der Waals surface area (Å²) in [4.78, 5) is 11.4. The molecule has 0 aliphatic rings. The highest BCUT2D eigenvalue weighted by atomic mass is 16.5. The highest BCUT2D eigenvalue weighted by Gasteiger charge is 2.05. The molecular formula is C12H11NO2. The first kappa shape index (κ1) is 11.0. The molecule has 0 saturated heterocycles. The number of hydrogen-bond acceptors (Lipinski definition) is 3. The van der Waals surface area contributed by atoms with Gasteiger partial charge in [-0.25, -0.2) is 4.79 Å². The van der Waals surface area contributed by atoms with Crippen LogP contribution in [0.15, 0.2) is 42.0 Å². The van der Waals surface area contributed by atoms with E-state index in [1.807, 2.05) is 12.1 Å². The minimum Gasteiger partial charge on any atom is -0.458 e. The zero-order valence-electron chi connectivity index (χ0n) is 8.43. The largest absolute Gasteiger partial charge is 0.458 e. The van der Waals surface area contributed by atoms with Crippen LogP contribution in [0.5, 0.6) is 0 Å². The number of rotatable bonds is 3. The van der Waals surface area contributed by atoms with Gasteiger partial charge < -0.3 is 4.74 Å². The second kappa shape index (κ2) is 5.61. The van der Waals surface area contributed by atoms with Gasteiger partial charge in [-0.1, -0.05) is 18.2 Å². The average molecular weight is 201 g/mol. The van der Waals surface area contributed by atoms with Crippen molar-refractivity contribution in [2.45, 2.75) is 6.92 Å². The third-order valence-electron chi connectivity index (χ3n) is 1.75. The Balaban J connectivity index is 2.52. The van der Waals surface area contributed by atoms with Crippen LogP contribution >= 0.6 is 0 Å². The molecule has 3 nitrogen and oxygen atoms in total. The summed E-state index contributed by atoms with van der Waals surface area (Å²) in [6, 6.07) is 10.6. The fraction of sp³-hybridized carbons (Fsp3) is 0.167. The number of nitrogens with zero attached hydrogens (tertiary/aromatic N) is 1. The van der Waals surface area contributed by atoms with E-state index in [-0.39, 0.29) is 12.6 Å². The lowest BCUT2D eigenvalue weighted by molar-refractivity contribution is 0.0540. The van der Waals surface area contributed by atoms with Gasteiger partial charge >= 0.3 is 5.97 Å². The van der Waals surface area contributed by atoms with E-state index in [0.29, 0.717) is 5.56 Å². The fourth-order valence-corrected chi connectivity index (χ4v) is 0.989. The van der Waals surface area contributed by atoms with Gasteiger partial charge in [0, 0.05) is 6.08 Å². The molecule has 0 bridgehead atoms. The topological polar surface area (TPSA) is 50.1 Å². The SMILES string of the molecule is CC(=CC#N)COC(=O)c1ccccc1. The molecule has 1 aromatic rings. The molecule has 0 fully saturated rings. The Morgan fingerprint density at radius 1 is 1.47 bits per heavy atom. The molecule has 0 unspecified atom stereocenters. The number of esters is 1. The zero-order valence-corrected chi connectivity index (χ0v) is 8.43. The standard InChI is InChI=1S/C12H11NO2/c1-10(7-8-13)9-15-12(14)11-5-3-2-4-6-11/h2-7H,9H2,1H3. The van der Waals surface area contributed by atoms with Gasteiger partial charge in [-0.05, 0) is 24.6 Å². The highest BCUT2D eigenvalue weighted by molar-refractivity contribution is 5.89. The Kier molecular flexibility index (Phi) is 4.11. The highest BCUT2D eigenvalue weighted by Crippen LogP contribution is 2.02. The molecule has 0 amide bonds. The van der Waals surface area contributed by atoms with Crippen molar-refractivity contribution >= 4 is 5.97 Å². The minimum atomic E-state index is -0.374. The van der Waals surface area contributed by atoms with Gasteiger partial charge in [0.1, 0.15) is 6.61 Å². The normalized spacial score (nSPS) is 10.5. The lowest BCUT2D eigenvalue weighted by Gasteiger charge is -2.03. The Hall–Kier alpha value is -2.08. The maximum atomic E-state index is 11.4. The van der Waals surface area contributed by atoms with Crippen molar-refractivity contribution in [2.24, 2.45) is 0 Å². The molecule has 1 aromatic carbocycles. The van der Waals surface area contributed by atoms with Gasteiger partial charge in [-0.2, -0.15) is 5.26 Å². The first-order valence-electron chi connectivity index (χ1n) is 4.51. The summed E-state index contributed by atoms with van der Waals surface area (Å²) in [6.07, 6.45) is 1.36. The Bertz CT molecular complexity index is 401. The van der Waals surface area contributed by atoms with Crippen LogP contribution in [-0.4, -0.2) is 12.6 Å². The zero-order chi connectivity index (χ0) is 11.1. The predicted octanol–water partition coefficient (Wildman–Crippen LogP) is 2.31. The summed E-state index contributed by atoms with van der Waals surface area (Å²) in [5, 5.41) is 8.35. The number of carbonyl (C=O) groups excluding carboxylic acids is 1. The number of ether oxygens (including phenoxy) is 1. The van der Waals surface area contributed by atoms with Gasteiger partial charge in [-0.3, -0.25) is 0 Å². The van der Waals surface area contributed by atoms with Crippen molar-refractivity contribution in [2.75, 3.05) is 6.61 Å². The van der Waals surface area contributed by atoms with Crippen molar-refractivity contribution in [1.82, 2.24) is 0 Å². The maximum absolute atomic E-state index is 11.4. The molecule has 0 aliphatic heterocycles. The quantitative estimate of drug-likeness (QED) is 0.557. The molecule has 3 heteroatoms. The van der Waals surface area contributed by atoms with Crippen molar-refractivity contribution in [3.63, 3.8) is 0 Å². The van der Waals surface area contributed by atoms with Gasteiger partial charge in [0.05, 0.1) is 11.6 Å². The Labute approximate surface area is 88.6 Å². The number of benzene rings is 1. The Morgan fingerprint density at radius 2 is 2.13 bits per heavy atom. The summed E-state index contributed by atoms with van der Waals surface area (Å²) in [7, 11) is 0. The minimum absolute atomic E-state index is 0.154. The molecule has 1 rings (SSSR count). The lowest BCUT2D eigenvalue weighted by Crippen LogP contribution is -2.06. The van der Waals surface area contributed by atoms with E-state index in [9.17, 15) is 4.79 Å². The smallest absolute Gasteiger partial charge is 0.338 e. The predicted molar refractivity (Wildman–Crippen MR) is 56.1 cm³/mol. The summed E-state index contributed by atoms with van der Waals surface area (Å²) < 4.78 is 4.98. The Morgan fingerprint density at radius 3 is 2.73 bits per heavy atom. The van der Waals surface area contributed by atoms with Crippen LogP contribution in [0.2, 0.25) is 0 Å². The van der Waals surface area contributed by atoms with Crippen LogP contribution < -0.4 is 0 Å². The van der Waals surface area contributed by atoms with Crippen molar-refractivity contribution in [3.05, 3.63) is 47.5 Å². The van der Waals surface area contributed by atoms with Gasteiger partial charge in [0.25, 0.3) is 0 Å². The van der Waals surface area contributed by atoms with E-state index in [0.717, 1.165) is 5.57 Å². The molecule has 0 heterocycles. The third kappa shape index (κ3) is 3.65. The van der Waals surface area contributed by atoms with Gasteiger partial charge in [0.2, 0.25) is 0 Å². The van der Waals surface area contributed by atoms with Crippen LogP contribution in [0.25, 0.3) is 0 Å². The van der Waals surface area contributed by atoms with E-state index in [4.69, 9.17) is 10.00 Å². The molecule has 0 saturated carbocycles. The number of nitriles is 1.